The van der Waals surface area contributed by atoms with Gasteiger partial charge in [-0.3, -0.25) is 0 Å². The van der Waals surface area contributed by atoms with E-state index in [2.05, 4.69) is 0 Å². The summed E-state index contributed by atoms with van der Waals surface area (Å²) < 4.78 is 13.8. The highest BCUT2D eigenvalue weighted by molar-refractivity contribution is 7.07. The van der Waals surface area contributed by atoms with Gasteiger partial charge in [-0.25, -0.2) is 4.39 Å². The number of halogens is 1. The SMILES string of the molecule is Cc1cc(C)c(C(O)c2ccsc2)c(F)c1. The van der Waals surface area contributed by atoms with Crippen molar-refractivity contribution >= 4 is 11.3 Å². The second-order valence-electron chi connectivity index (χ2n) is 3.94. The largest absolute Gasteiger partial charge is 0.384 e. The summed E-state index contributed by atoms with van der Waals surface area (Å²) >= 11 is 1.50. The van der Waals surface area contributed by atoms with E-state index in [9.17, 15) is 9.50 Å². The molecule has 0 saturated heterocycles. The Balaban J connectivity index is 2.48. The Hall–Kier alpha value is -1.19. The quantitative estimate of drug-likeness (QED) is 0.845. The number of hydrogen-bond donors (Lipinski definition) is 1. The van der Waals surface area contributed by atoms with Gasteiger partial charge >= 0.3 is 0 Å². The van der Waals surface area contributed by atoms with Gasteiger partial charge in [0.1, 0.15) is 11.9 Å². The number of hydrogen-bond acceptors (Lipinski definition) is 2. The Morgan fingerprint density at radius 2 is 2.06 bits per heavy atom. The molecular formula is C13H13FOS. The second kappa shape index (κ2) is 4.36. The first kappa shape index (κ1) is 11.3. The lowest BCUT2D eigenvalue weighted by molar-refractivity contribution is 0.214. The van der Waals surface area contributed by atoms with Crippen molar-refractivity contribution in [3.63, 3.8) is 0 Å². The van der Waals surface area contributed by atoms with Crippen LogP contribution in [0, 0.1) is 19.7 Å². The number of aliphatic hydroxyl groups excluding tert-OH is 1. The molecule has 0 amide bonds. The summed E-state index contributed by atoms with van der Waals surface area (Å²) in [4.78, 5) is 0. The van der Waals surface area contributed by atoms with Crippen LogP contribution < -0.4 is 0 Å². The number of aryl methyl sites for hydroxylation is 2. The molecule has 1 unspecified atom stereocenters. The maximum atomic E-state index is 13.8. The van der Waals surface area contributed by atoms with Crippen molar-refractivity contribution in [3.05, 3.63) is 57.0 Å². The lowest BCUT2D eigenvalue weighted by atomic mass is 9.97. The maximum Gasteiger partial charge on any atom is 0.129 e. The van der Waals surface area contributed by atoms with Gasteiger partial charge in [0.15, 0.2) is 0 Å². The van der Waals surface area contributed by atoms with E-state index in [1.54, 1.807) is 0 Å². The molecule has 2 rings (SSSR count). The van der Waals surface area contributed by atoms with Gasteiger partial charge in [-0.15, -0.1) is 0 Å². The molecular weight excluding hydrogens is 223 g/mol. The zero-order valence-corrected chi connectivity index (χ0v) is 10.0. The number of aliphatic hydroxyl groups is 1. The molecule has 16 heavy (non-hydrogen) atoms. The summed E-state index contributed by atoms with van der Waals surface area (Å²) in [7, 11) is 0. The van der Waals surface area contributed by atoms with Crippen LogP contribution in [0.25, 0.3) is 0 Å². The molecule has 0 aliphatic carbocycles. The van der Waals surface area contributed by atoms with Crippen LogP contribution in [-0.2, 0) is 0 Å². The van der Waals surface area contributed by atoms with E-state index in [1.807, 2.05) is 36.7 Å². The highest BCUT2D eigenvalue weighted by Crippen LogP contribution is 2.29. The van der Waals surface area contributed by atoms with Gasteiger partial charge in [0.05, 0.1) is 0 Å². The average molecular weight is 236 g/mol. The van der Waals surface area contributed by atoms with Gasteiger partial charge in [0.25, 0.3) is 0 Å². The fourth-order valence-electron chi connectivity index (χ4n) is 1.87. The molecule has 0 bridgehead atoms. The van der Waals surface area contributed by atoms with Gasteiger partial charge in [0, 0.05) is 5.56 Å². The molecule has 0 aliphatic rings. The van der Waals surface area contributed by atoms with Crippen LogP contribution in [0.1, 0.15) is 28.4 Å². The summed E-state index contributed by atoms with van der Waals surface area (Å²) in [6, 6.07) is 5.15. The average Bonchev–Trinajstić information content (AvgIpc) is 2.67. The lowest BCUT2D eigenvalue weighted by Crippen LogP contribution is -2.04. The maximum absolute atomic E-state index is 13.8. The topological polar surface area (TPSA) is 20.2 Å². The molecule has 1 aromatic carbocycles. The monoisotopic (exact) mass is 236 g/mol. The Morgan fingerprint density at radius 1 is 1.31 bits per heavy atom. The van der Waals surface area contributed by atoms with Crippen molar-refractivity contribution in [2.45, 2.75) is 20.0 Å². The fraction of sp³-hybridized carbons (Fsp3) is 0.231. The molecule has 1 N–H and O–H groups in total. The van der Waals surface area contributed by atoms with E-state index in [4.69, 9.17) is 0 Å². The van der Waals surface area contributed by atoms with Crippen LogP contribution in [0.15, 0.2) is 29.0 Å². The van der Waals surface area contributed by atoms with E-state index in [1.165, 1.54) is 17.4 Å². The zero-order chi connectivity index (χ0) is 11.7. The molecule has 1 nitrogen and oxygen atoms in total. The van der Waals surface area contributed by atoms with Crippen LogP contribution in [0.5, 0.6) is 0 Å². The standard InChI is InChI=1S/C13H13FOS/c1-8-5-9(2)12(11(14)6-8)13(15)10-3-4-16-7-10/h3-7,13,15H,1-2H3. The first-order chi connectivity index (χ1) is 7.59. The molecule has 2 aromatic rings. The number of thiophene rings is 1. The predicted octanol–water partition coefficient (Wildman–Crippen LogP) is 3.59. The van der Waals surface area contributed by atoms with Crippen LogP contribution in [-0.4, -0.2) is 5.11 Å². The van der Waals surface area contributed by atoms with Gasteiger partial charge in [0.2, 0.25) is 0 Å². The normalized spacial score (nSPS) is 12.8. The Bertz CT molecular complexity index is 468. The molecule has 1 atom stereocenters. The molecule has 3 heteroatoms. The van der Waals surface area contributed by atoms with E-state index < -0.39 is 6.10 Å². The molecule has 0 saturated carbocycles. The minimum Gasteiger partial charge on any atom is -0.384 e. The molecule has 1 heterocycles. The Labute approximate surface area is 98.2 Å². The van der Waals surface area contributed by atoms with Crippen molar-refractivity contribution in [1.29, 1.82) is 0 Å². The number of benzene rings is 1. The smallest absolute Gasteiger partial charge is 0.129 e. The highest BCUT2D eigenvalue weighted by atomic mass is 32.1. The Kier molecular flexibility index (Phi) is 3.08. The van der Waals surface area contributed by atoms with Gasteiger partial charge in [-0.05, 0) is 53.4 Å². The van der Waals surface area contributed by atoms with Crippen molar-refractivity contribution in [2.75, 3.05) is 0 Å². The zero-order valence-electron chi connectivity index (χ0n) is 9.20. The molecule has 0 radical (unpaired) electrons. The van der Waals surface area contributed by atoms with Crippen molar-refractivity contribution in [3.8, 4) is 0 Å². The minimum atomic E-state index is -0.869. The third kappa shape index (κ3) is 2.01. The van der Waals surface area contributed by atoms with Crippen molar-refractivity contribution in [1.82, 2.24) is 0 Å². The summed E-state index contributed by atoms with van der Waals surface area (Å²) in [5.41, 5.74) is 2.78. The summed E-state index contributed by atoms with van der Waals surface area (Å²) in [6.07, 6.45) is -0.869. The second-order valence-corrected chi connectivity index (χ2v) is 4.72. The molecule has 0 aliphatic heterocycles. The van der Waals surface area contributed by atoms with Crippen molar-refractivity contribution in [2.24, 2.45) is 0 Å². The predicted molar refractivity (Wildman–Crippen MR) is 64.3 cm³/mol. The molecule has 1 aromatic heterocycles. The Morgan fingerprint density at radius 3 is 2.62 bits per heavy atom. The van der Waals surface area contributed by atoms with E-state index in [0.29, 0.717) is 5.56 Å². The van der Waals surface area contributed by atoms with Crippen LogP contribution >= 0.6 is 11.3 Å². The third-order valence-corrected chi connectivity index (χ3v) is 3.31. The molecule has 84 valence electrons. The first-order valence-electron chi connectivity index (χ1n) is 5.06. The minimum absolute atomic E-state index is 0.337. The van der Waals surface area contributed by atoms with E-state index in [0.717, 1.165) is 16.7 Å². The first-order valence-corrected chi connectivity index (χ1v) is 6.00. The van der Waals surface area contributed by atoms with Gasteiger partial charge in [-0.1, -0.05) is 6.07 Å². The van der Waals surface area contributed by atoms with Crippen LogP contribution in [0.2, 0.25) is 0 Å². The lowest BCUT2D eigenvalue weighted by Gasteiger charge is -2.14. The summed E-state index contributed by atoms with van der Waals surface area (Å²) in [5.74, 6) is -0.337. The van der Waals surface area contributed by atoms with E-state index >= 15 is 0 Å². The van der Waals surface area contributed by atoms with Crippen LogP contribution in [0.3, 0.4) is 0 Å². The third-order valence-electron chi connectivity index (χ3n) is 2.61. The van der Waals surface area contributed by atoms with Gasteiger partial charge in [-0.2, -0.15) is 11.3 Å². The van der Waals surface area contributed by atoms with Gasteiger partial charge < -0.3 is 5.11 Å². The van der Waals surface area contributed by atoms with E-state index in [-0.39, 0.29) is 5.82 Å². The molecule has 0 spiro atoms. The fourth-order valence-corrected chi connectivity index (χ4v) is 2.55. The molecule has 0 fully saturated rings. The summed E-state index contributed by atoms with van der Waals surface area (Å²) in [5, 5.41) is 13.8. The number of rotatable bonds is 2. The highest BCUT2D eigenvalue weighted by Gasteiger charge is 2.18. The van der Waals surface area contributed by atoms with Crippen molar-refractivity contribution < 1.29 is 9.50 Å². The van der Waals surface area contributed by atoms with Crippen LogP contribution in [0.4, 0.5) is 4.39 Å². The summed E-state index contributed by atoms with van der Waals surface area (Å²) in [6.45, 7) is 3.66.